The highest BCUT2D eigenvalue weighted by Crippen LogP contribution is 2.19. The van der Waals surface area contributed by atoms with Crippen molar-refractivity contribution in [2.45, 2.75) is 40.0 Å². The Morgan fingerprint density at radius 3 is 2.73 bits per heavy atom. The van der Waals surface area contributed by atoms with Crippen LogP contribution in [0.1, 0.15) is 37.8 Å². The van der Waals surface area contributed by atoms with Crippen molar-refractivity contribution in [3.05, 3.63) is 29.3 Å². The van der Waals surface area contributed by atoms with Gasteiger partial charge in [0.25, 0.3) is 0 Å². The van der Waals surface area contributed by atoms with Crippen LogP contribution in [0.3, 0.4) is 0 Å². The standard InChI is InChI=1S/C13H19NO/c1-4-5-6-12-8-7-10(2)9-13(12)14-11(3)15/h7-9H,4-6H2,1-3H3,(H,14,15). The van der Waals surface area contributed by atoms with Gasteiger partial charge in [-0.3, -0.25) is 4.79 Å². The summed E-state index contributed by atoms with van der Waals surface area (Å²) in [6, 6.07) is 6.24. The van der Waals surface area contributed by atoms with Crippen LogP contribution in [0, 0.1) is 6.92 Å². The number of hydrogen-bond acceptors (Lipinski definition) is 1. The Hall–Kier alpha value is -1.31. The van der Waals surface area contributed by atoms with Crippen LogP contribution in [0.4, 0.5) is 5.69 Å². The second-order valence-corrected chi connectivity index (χ2v) is 3.95. The van der Waals surface area contributed by atoms with Crippen LogP contribution in [0.15, 0.2) is 18.2 Å². The van der Waals surface area contributed by atoms with Gasteiger partial charge in [-0.1, -0.05) is 25.5 Å². The van der Waals surface area contributed by atoms with Crippen molar-refractivity contribution in [1.82, 2.24) is 0 Å². The first-order valence-corrected chi connectivity index (χ1v) is 5.50. The van der Waals surface area contributed by atoms with Gasteiger partial charge in [-0.15, -0.1) is 0 Å². The summed E-state index contributed by atoms with van der Waals surface area (Å²) in [7, 11) is 0. The molecule has 1 amide bonds. The van der Waals surface area contributed by atoms with Gasteiger partial charge in [0.15, 0.2) is 0 Å². The molecule has 1 aromatic carbocycles. The Labute approximate surface area is 91.7 Å². The van der Waals surface area contributed by atoms with E-state index in [0.29, 0.717) is 0 Å². The topological polar surface area (TPSA) is 29.1 Å². The van der Waals surface area contributed by atoms with Gasteiger partial charge in [-0.2, -0.15) is 0 Å². The highest BCUT2D eigenvalue weighted by atomic mass is 16.1. The van der Waals surface area contributed by atoms with Crippen molar-refractivity contribution < 1.29 is 4.79 Å². The number of anilines is 1. The van der Waals surface area contributed by atoms with E-state index in [-0.39, 0.29) is 5.91 Å². The second-order valence-electron chi connectivity index (χ2n) is 3.95. The van der Waals surface area contributed by atoms with Crippen LogP contribution in [-0.2, 0) is 11.2 Å². The molecular formula is C13H19NO. The first-order chi connectivity index (χ1) is 7.13. The van der Waals surface area contributed by atoms with Gasteiger partial charge in [-0.05, 0) is 37.0 Å². The van der Waals surface area contributed by atoms with E-state index < -0.39 is 0 Å². The van der Waals surface area contributed by atoms with Crippen molar-refractivity contribution >= 4 is 11.6 Å². The number of carbonyl (C=O) groups is 1. The van der Waals surface area contributed by atoms with Gasteiger partial charge in [0, 0.05) is 12.6 Å². The van der Waals surface area contributed by atoms with Crippen LogP contribution >= 0.6 is 0 Å². The fourth-order valence-electron chi connectivity index (χ4n) is 1.58. The molecule has 0 saturated heterocycles. The molecule has 1 aromatic rings. The van der Waals surface area contributed by atoms with Gasteiger partial charge in [0.05, 0.1) is 0 Å². The zero-order valence-corrected chi connectivity index (χ0v) is 9.76. The molecular weight excluding hydrogens is 186 g/mol. The lowest BCUT2D eigenvalue weighted by atomic mass is 10.0. The summed E-state index contributed by atoms with van der Waals surface area (Å²) in [6.45, 7) is 5.76. The van der Waals surface area contributed by atoms with Gasteiger partial charge in [-0.25, -0.2) is 0 Å². The highest BCUT2D eigenvalue weighted by molar-refractivity contribution is 5.89. The van der Waals surface area contributed by atoms with Crippen LogP contribution < -0.4 is 5.32 Å². The highest BCUT2D eigenvalue weighted by Gasteiger charge is 2.03. The van der Waals surface area contributed by atoms with E-state index in [9.17, 15) is 4.79 Å². The predicted molar refractivity (Wildman–Crippen MR) is 64.1 cm³/mol. The Bertz CT molecular complexity index is 344. The van der Waals surface area contributed by atoms with E-state index in [1.165, 1.54) is 17.5 Å². The first kappa shape index (κ1) is 11.8. The molecule has 0 fully saturated rings. The molecule has 0 spiro atoms. The number of carbonyl (C=O) groups excluding carboxylic acids is 1. The number of aryl methyl sites for hydroxylation is 2. The molecule has 0 radical (unpaired) electrons. The summed E-state index contributed by atoms with van der Waals surface area (Å²) in [5.74, 6) is -0.00153. The van der Waals surface area contributed by atoms with Crippen molar-refractivity contribution in [3.8, 4) is 0 Å². The smallest absolute Gasteiger partial charge is 0.221 e. The van der Waals surface area contributed by atoms with E-state index in [4.69, 9.17) is 0 Å². The molecule has 2 nitrogen and oxygen atoms in total. The molecule has 15 heavy (non-hydrogen) atoms. The van der Waals surface area contributed by atoms with Crippen molar-refractivity contribution in [3.63, 3.8) is 0 Å². The van der Waals surface area contributed by atoms with Crippen LogP contribution in [0.5, 0.6) is 0 Å². The monoisotopic (exact) mass is 205 g/mol. The van der Waals surface area contributed by atoms with Crippen molar-refractivity contribution in [2.75, 3.05) is 5.32 Å². The van der Waals surface area contributed by atoms with E-state index in [1.54, 1.807) is 6.92 Å². The second kappa shape index (κ2) is 5.54. The molecule has 1 rings (SSSR count). The third kappa shape index (κ3) is 3.74. The maximum atomic E-state index is 11.0. The maximum absolute atomic E-state index is 11.0. The van der Waals surface area contributed by atoms with Crippen LogP contribution in [-0.4, -0.2) is 5.91 Å². The number of unbranched alkanes of at least 4 members (excludes halogenated alkanes) is 1. The molecule has 0 aliphatic rings. The van der Waals surface area contributed by atoms with E-state index in [2.05, 4.69) is 24.4 Å². The zero-order valence-electron chi connectivity index (χ0n) is 9.76. The number of hydrogen-bond donors (Lipinski definition) is 1. The average molecular weight is 205 g/mol. The summed E-state index contributed by atoms with van der Waals surface area (Å²) in [5, 5.41) is 2.88. The normalized spacial score (nSPS) is 10.1. The maximum Gasteiger partial charge on any atom is 0.221 e. The third-order valence-corrected chi connectivity index (χ3v) is 2.38. The van der Waals surface area contributed by atoms with Crippen molar-refractivity contribution in [2.24, 2.45) is 0 Å². The number of nitrogens with one attached hydrogen (secondary N) is 1. The predicted octanol–water partition coefficient (Wildman–Crippen LogP) is 3.30. The minimum absolute atomic E-state index is 0.00153. The average Bonchev–Trinajstić information content (AvgIpc) is 2.16. The quantitative estimate of drug-likeness (QED) is 0.802. The van der Waals surface area contributed by atoms with Crippen LogP contribution in [0.2, 0.25) is 0 Å². The van der Waals surface area contributed by atoms with E-state index in [0.717, 1.165) is 18.5 Å². The summed E-state index contributed by atoms with van der Waals surface area (Å²) in [4.78, 5) is 11.0. The van der Waals surface area contributed by atoms with E-state index >= 15 is 0 Å². The summed E-state index contributed by atoms with van der Waals surface area (Å²) >= 11 is 0. The Morgan fingerprint density at radius 1 is 1.40 bits per heavy atom. The molecule has 0 atom stereocenters. The molecule has 1 N–H and O–H groups in total. The SMILES string of the molecule is CCCCc1ccc(C)cc1NC(C)=O. The number of rotatable bonds is 4. The summed E-state index contributed by atoms with van der Waals surface area (Å²) < 4.78 is 0. The molecule has 82 valence electrons. The Morgan fingerprint density at radius 2 is 2.13 bits per heavy atom. The molecule has 0 aromatic heterocycles. The van der Waals surface area contributed by atoms with Gasteiger partial charge in [0.2, 0.25) is 5.91 Å². The molecule has 0 heterocycles. The summed E-state index contributed by atoms with van der Waals surface area (Å²) in [6.07, 6.45) is 3.37. The first-order valence-electron chi connectivity index (χ1n) is 5.50. The largest absolute Gasteiger partial charge is 0.326 e. The Kier molecular flexibility index (Phi) is 4.35. The zero-order chi connectivity index (χ0) is 11.3. The third-order valence-electron chi connectivity index (χ3n) is 2.38. The minimum atomic E-state index is -0.00153. The lowest BCUT2D eigenvalue weighted by Gasteiger charge is -2.10. The lowest BCUT2D eigenvalue weighted by molar-refractivity contribution is -0.114. The number of amides is 1. The molecule has 0 saturated carbocycles. The minimum Gasteiger partial charge on any atom is -0.326 e. The fourth-order valence-corrected chi connectivity index (χ4v) is 1.58. The molecule has 0 unspecified atom stereocenters. The van der Waals surface area contributed by atoms with Crippen LogP contribution in [0.25, 0.3) is 0 Å². The fraction of sp³-hybridized carbons (Fsp3) is 0.462. The number of benzene rings is 1. The van der Waals surface area contributed by atoms with E-state index in [1.807, 2.05) is 13.0 Å². The summed E-state index contributed by atoms with van der Waals surface area (Å²) in [5.41, 5.74) is 3.38. The lowest BCUT2D eigenvalue weighted by Crippen LogP contribution is -2.08. The van der Waals surface area contributed by atoms with Gasteiger partial charge >= 0.3 is 0 Å². The Balaban J connectivity index is 2.87. The van der Waals surface area contributed by atoms with Crippen molar-refractivity contribution in [1.29, 1.82) is 0 Å². The molecule has 0 bridgehead atoms. The molecule has 0 aliphatic heterocycles. The molecule has 2 heteroatoms. The van der Waals surface area contributed by atoms with Gasteiger partial charge < -0.3 is 5.32 Å². The molecule has 0 aliphatic carbocycles. The van der Waals surface area contributed by atoms with Gasteiger partial charge in [0.1, 0.15) is 0 Å².